The summed E-state index contributed by atoms with van der Waals surface area (Å²) in [6.45, 7) is 1.64. The van der Waals surface area contributed by atoms with E-state index in [-0.39, 0.29) is 6.61 Å². The molecule has 98 valence electrons. The van der Waals surface area contributed by atoms with Crippen LogP contribution in [0.15, 0.2) is 42.5 Å². The first-order valence-corrected chi connectivity index (χ1v) is 5.48. The van der Waals surface area contributed by atoms with Gasteiger partial charge in [0.25, 0.3) is 6.08 Å². The van der Waals surface area contributed by atoms with Crippen LogP contribution in [-0.4, -0.2) is 17.7 Å². The lowest BCUT2D eigenvalue weighted by Gasteiger charge is -2.18. The predicted molar refractivity (Wildman–Crippen MR) is 61.8 cm³/mol. The maximum Gasteiger partial charge on any atom is 0.316 e. The van der Waals surface area contributed by atoms with E-state index in [1.165, 1.54) is 0 Å². The molecule has 0 bridgehead atoms. The molecule has 0 radical (unpaired) electrons. The maximum absolute atomic E-state index is 12.3. The zero-order chi connectivity index (χ0) is 13.5. The lowest BCUT2D eigenvalue weighted by molar-refractivity contribution is -0.149. The molecule has 0 amide bonds. The Morgan fingerprint density at radius 3 is 2.50 bits per heavy atom. The number of ether oxygens (including phenoxy) is 1. The zero-order valence-corrected chi connectivity index (χ0v) is 9.85. The van der Waals surface area contributed by atoms with E-state index in [1.54, 1.807) is 37.3 Å². The lowest BCUT2D eigenvalue weighted by Crippen LogP contribution is -2.23. The van der Waals surface area contributed by atoms with E-state index in [9.17, 15) is 18.7 Å². The van der Waals surface area contributed by atoms with E-state index < -0.39 is 24.1 Å². The lowest BCUT2D eigenvalue weighted by atomic mass is 9.96. The SMILES string of the molecule is CCOC(=O)C(C=C(F)F)C(O)c1ccccc1. The van der Waals surface area contributed by atoms with Crippen LogP contribution in [0.2, 0.25) is 0 Å². The molecule has 0 heterocycles. The summed E-state index contributed by atoms with van der Waals surface area (Å²) in [6.07, 6.45) is -2.97. The van der Waals surface area contributed by atoms with Crippen molar-refractivity contribution in [1.29, 1.82) is 0 Å². The second-order valence-corrected chi connectivity index (χ2v) is 3.59. The Morgan fingerprint density at radius 1 is 1.39 bits per heavy atom. The van der Waals surface area contributed by atoms with Gasteiger partial charge < -0.3 is 9.84 Å². The summed E-state index contributed by atoms with van der Waals surface area (Å²) in [5.41, 5.74) is 0.382. The van der Waals surface area contributed by atoms with Gasteiger partial charge in [-0.3, -0.25) is 4.79 Å². The van der Waals surface area contributed by atoms with Crippen molar-refractivity contribution in [2.45, 2.75) is 13.0 Å². The first-order valence-electron chi connectivity index (χ1n) is 5.48. The summed E-state index contributed by atoms with van der Waals surface area (Å²) in [5.74, 6) is -2.28. The maximum atomic E-state index is 12.3. The summed E-state index contributed by atoms with van der Waals surface area (Å²) < 4.78 is 29.3. The third kappa shape index (κ3) is 3.92. The van der Waals surface area contributed by atoms with Crippen LogP contribution >= 0.6 is 0 Å². The molecule has 0 aromatic heterocycles. The number of aliphatic hydroxyl groups excluding tert-OH is 1. The predicted octanol–water partition coefficient (Wildman–Crippen LogP) is 2.68. The molecule has 0 fully saturated rings. The Bertz CT molecular complexity index is 414. The number of rotatable bonds is 5. The van der Waals surface area contributed by atoms with Gasteiger partial charge in [-0.25, -0.2) is 0 Å². The largest absolute Gasteiger partial charge is 0.465 e. The van der Waals surface area contributed by atoms with Gasteiger partial charge in [0.1, 0.15) is 5.92 Å². The molecule has 0 spiro atoms. The van der Waals surface area contributed by atoms with Gasteiger partial charge in [-0.1, -0.05) is 30.3 Å². The van der Waals surface area contributed by atoms with Gasteiger partial charge in [-0.05, 0) is 18.6 Å². The smallest absolute Gasteiger partial charge is 0.316 e. The quantitative estimate of drug-likeness (QED) is 0.824. The first kappa shape index (κ1) is 14.3. The number of halogens is 2. The standard InChI is InChI=1S/C13H14F2O3/c1-2-18-13(17)10(8-11(14)15)12(16)9-6-4-3-5-7-9/h3-8,10,12,16H,2H2,1H3. The normalized spacial score (nSPS) is 13.6. The first-order chi connectivity index (χ1) is 8.56. The van der Waals surface area contributed by atoms with Crippen molar-refractivity contribution in [3.8, 4) is 0 Å². The number of hydrogen-bond acceptors (Lipinski definition) is 3. The average molecular weight is 256 g/mol. The van der Waals surface area contributed by atoms with Crippen molar-refractivity contribution in [2.75, 3.05) is 6.61 Å². The molecule has 2 atom stereocenters. The molecular weight excluding hydrogens is 242 g/mol. The van der Waals surface area contributed by atoms with E-state index >= 15 is 0 Å². The van der Waals surface area contributed by atoms with E-state index in [2.05, 4.69) is 4.74 Å². The topological polar surface area (TPSA) is 46.5 Å². The fourth-order valence-corrected chi connectivity index (χ4v) is 1.52. The molecule has 5 heteroatoms. The van der Waals surface area contributed by atoms with Crippen molar-refractivity contribution in [3.05, 3.63) is 48.1 Å². The summed E-state index contributed by atoms with van der Waals surface area (Å²) in [5, 5.41) is 9.95. The van der Waals surface area contributed by atoms with Crippen molar-refractivity contribution in [1.82, 2.24) is 0 Å². The molecule has 0 aliphatic carbocycles. The molecule has 1 aromatic rings. The third-order valence-corrected chi connectivity index (χ3v) is 2.35. The molecule has 1 aromatic carbocycles. The van der Waals surface area contributed by atoms with Gasteiger partial charge in [0.2, 0.25) is 0 Å². The highest BCUT2D eigenvalue weighted by molar-refractivity contribution is 5.75. The minimum absolute atomic E-state index is 0.0680. The summed E-state index contributed by atoms with van der Waals surface area (Å²) in [4.78, 5) is 11.5. The molecular formula is C13H14F2O3. The highest BCUT2D eigenvalue weighted by atomic mass is 19.3. The van der Waals surface area contributed by atoms with E-state index in [0.29, 0.717) is 11.6 Å². The molecule has 0 saturated heterocycles. The number of aliphatic hydroxyl groups is 1. The second-order valence-electron chi connectivity index (χ2n) is 3.59. The highest BCUT2D eigenvalue weighted by Gasteiger charge is 2.28. The third-order valence-electron chi connectivity index (χ3n) is 2.35. The van der Waals surface area contributed by atoms with Crippen LogP contribution in [0.25, 0.3) is 0 Å². The molecule has 0 aliphatic heterocycles. The molecule has 0 aliphatic rings. The number of carbonyl (C=O) groups is 1. The van der Waals surface area contributed by atoms with Crippen molar-refractivity contribution in [3.63, 3.8) is 0 Å². The van der Waals surface area contributed by atoms with Gasteiger partial charge in [-0.15, -0.1) is 0 Å². The summed E-state index contributed by atoms with van der Waals surface area (Å²) >= 11 is 0. The Balaban J connectivity index is 2.96. The minimum Gasteiger partial charge on any atom is -0.465 e. The Morgan fingerprint density at radius 2 is 2.00 bits per heavy atom. The zero-order valence-electron chi connectivity index (χ0n) is 9.85. The number of hydrogen-bond donors (Lipinski definition) is 1. The van der Waals surface area contributed by atoms with Crippen LogP contribution < -0.4 is 0 Å². The summed E-state index contributed by atoms with van der Waals surface area (Å²) in [6, 6.07) is 8.13. The fourth-order valence-electron chi connectivity index (χ4n) is 1.52. The van der Waals surface area contributed by atoms with Gasteiger partial charge in [-0.2, -0.15) is 8.78 Å². The van der Waals surface area contributed by atoms with Gasteiger partial charge in [0, 0.05) is 0 Å². The molecule has 1 rings (SSSR count). The van der Waals surface area contributed by atoms with E-state index in [1.807, 2.05) is 0 Å². The molecule has 2 unspecified atom stereocenters. The Labute approximate surface area is 104 Å². The Kier molecular flexibility index (Phi) is 5.45. The van der Waals surface area contributed by atoms with Crippen LogP contribution in [-0.2, 0) is 9.53 Å². The van der Waals surface area contributed by atoms with Crippen molar-refractivity contribution < 1.29 is 23.4 Å². The summed E-state index contributed by atoms with van der Waals surface area (Å²) in [7, 11) is 0. The monoisotopic (exact) mass is 256 g/mol. The van der Waals surface area contributed by atoms with Crippen molar-refractivity contribution in [2.24, 2.45) is 5.92 Å². The number of carbonyl (C=O) groups excluding carboxylic acids is 1. The Hall–Kier alpha value is -1.75. The molecule has 18 heavy (non-hydrogen) atoms. The second kappa shape index (κ2) is 6.86. The van der Waals surface area contributed by atoms with Crippen LogP contribution in [0, 0.1) is 5.92 Å². The number of esters is 1. The van der Waals surface area contributed by atoms with E-state index in [4.69, 9.17) is 0 Å². The molecule has 1 N–H and O–H groups in total. The van der Waals surface area contributed by atoms with Crippen LogP contribution in [0.5, 0.6) is 0 Å². The van der Waals surface area contributed by atoms with Gasteiger partial charge in [0.05, 0.1) is 12.7 Å². The van der Waals surface area contributed by atoms with Crippen LogP contribution in [0.1, 0.15) is 18.6 Å². The van der Waals surface area contributed by atoms with Gasteiger partial charge in [0.15, 0.2) is 0 Å². The van der Waals surface area contributed by atoms with Crippen LogP contribution in [0.4, 0.5) is 8.78 Å². The molecule has 3 nitrogen and oxygen atoms in total. The van der Waals surface area contributed by atoms with Gasteiger partial charge >= 0.3 is 5.97 Å². The fraction of sp³-hybridized carbons (Fsp3) is 0.308. The minimum atomic E-state index is -2.02. The number of benzene rings is 1. The average Bonchev–Trinajstić information content (AvgIpc) is 2.36. The van der Waals surface area contributed by atoms with Crippen molar-refractivity contribution >= 4 is 5.97 Å². The highest BCUT2D eigenvalue weighted by Crippen LogP contribution is 2.25. The van der Waals surface area contributed by atoms with E-state index in [0.717, 1.165) is 0 Å². The molecule has 0 saturated carbocycles. The van der Waals surface area contributed by atoms with Crippen LogP contribution in [0.3, 0.4) is 0 Å².